The van der Waals surface area contributed by atoms with Gasteiger partial charge >= 0.3 is 0 Å². The van der Waals surface area contributed by atoms with E-state index in [1.807, 2.05) is 0 Å². The quantitative estimate of drug-likeness (QED) is 0.682. The number of hydrogen-bond acceptors (Lipinski definition) is 2. The standard InChI is InChI=1S/C15H13FN2O2/c1-18-9-10(8-11(18)6-7-14(17)19)15(20)12-4-2-3-5-13(12)16/h2-9H,1H3,(H2,17,19)/b7-6-. The van der Waals surface area contributed by atoms with Crippen LogP contribution in [-0.4, -0.2) is 16.3 Å². The lowest BCUT2D eigenvalue weighted by Gasteiger charge is -1.99. The van der Waals surface area contributed by atoms with Gasteiger partial charge in [-0.1, -0.05) is 12.1 Å². The second kappa shape index (κ2) is 5.52. The zero-order chi connectivity index (χ0) is 14.7. The number of aryl methyl sites for hydroxylation is 1. The van der Waals surface area contributed by atoms with Gasteiger partial charge in [0, 0.05) is 30.6 Å². The largest absolute Gasteiger partial charge is 0.366 e. The van der Waals surface area contributed by atoms with E-state index in [9.17, 15) is 14.0 Å². The van der Waals surface area contributed by atoms with E-state index in [0.717, 1.165) is 0 Å². The lowest BCUT2D eigenvalue weighted by molar-refractivity contribution is -0.113. The maximum atomic E-state index is 13.6. The first kappa shape index (κ1) is 13.7. The molecule has 0 saturated heterocycles. The molecule has 2 rings (SSSR count). The smallest absolute Gasteiger partial charge is 0.241 e. The normalized spacial score (nSPS) is 10.9. The fourth-order valence-electron chi connectivity index (χ4n) is 1.84. The van der Waals surface area contributed by atoms with E-state index in [0.29, 0.717) is 11.3 Å². The highest BCUT2D eigenvalue weighted by molar-refractivity contribution is 6.09. The summed E-state index contributed by atoms with van der Waals surface area (Å²) in [6, 6.07) is 7.38. The van der Waals surface area contributed by atoms with Gasteiger partial charge in [-0.25, -0.2) is 4.39 Å². The van der Waals surface area contributed by atoms with Crippen molar-refractivity contribution in [3.05, 3.63) is 65.2 Å². The number of aromatic nitrogens is 1. The van der Waals surface area contributed by atoms with E-state index >= 15 is 0 Å². The fraction of sp³-hybridized carbons (Fsp3) is 0.0667. The van der Waals surface area contributed by atoms with Gasteiger partial charge in [0.15, 0.2) is 5.78 Å². The molecule has 0 radical (unpaired) electrons. The van der Waals surface area contributed by atoms with Crippen LogP contribution in [0.3, 0.4) is 0 Å². The topological polar surface area (TPSA) is 65.1 Å². The molecule has 0 bridgehead atoms. The second-order valence-corrected chi connectivity index (χ2v) is 4.31. The molecular formula is C15H13FN2O2. The average Bonchev–Trinajstić information content (AvgIpc) is 2.77. The Bertz CT molecular complexity index is 702. The molecule has 0 aliphatic carbocycles. The first-order valence-corrected chi connectivity index (χ1v) is 5.92. The van der Waals surface area contributed by atoms with Gasteiger partial charge in [-0.15, -0.1) is 0 Å². The van der Waals surface area contributed by atoms with Crippen molar-refractivity contribution >= 4 is 17.8 Å². The maximum Gasteiger partial charge on any atom is 0.241 e. The molecule has 2 aromatic rings. The Labute approximate surface area is 115 Å². The number of hydrogen-bond donors (Lipinski definition) is 1. The van der Waals surface area contributed by atoms with Crippen molar-refractivity contribution in [2.45, 2.75) is 0 Å². The van der Waals surface area contributed by atoms with Crippen molar-refractivity contribution in [3.8, 4) is 0 Å². The number of amides is 1. The zero-order valence-electron chi connectivity index (χ0n) is 10.8. The number of halogens is 1. The van der Waals surface area contributed by atoms with Gasteiger partial charge in [-0.3, -0.25) is 9.59 Å². The van der Waals surface area contributed by atoms with Crippen LogP contribution < -0.4 is 5.73 Å². The number of nitrogens with two attached hydrogens (primary N) is 1. The van der Waals surface area contributed by atoms with Gasteiger partial charge in [0.05, 0.1) is 5.56 Å². The van der Waals surface area contributed by atoms with E-state index in [2.05, 4.69) is 0 Å². The van der Waals surface area contributed by atoms with E-state index in [4.69, 9.17) is 5.73 Å². The molecule has 1 aromatic heterocycles. The third-order valence-corrected chi connectivity index (χ3v) is 2.84. The molecule has 1 aromatic carbocycles. The Morgan fingerprint density at radius 1 is 1.30 bits per heavy atom. The van der Waals surface area contributed by atoms with Crippen LogP contribution in [0.2, 0.25) is 0 Å². The highest BCUT2D eigenvalue weighted by Gasteiger charge is 2.15. The lowest BCUT2D eigenvalue weighted by atomic mass is 10.1. The Balaban J connectivity index is 2.35. The summed E-state index contributed by atoms with van der Waals surface area (Å²) in [7, 11) is 1.72. The van der Waals surface area contributed by atoms with Crippen LogP contribution in [0.4, 0.5) is 4.39 Å². The first-order chi connectivity index (χ1) is 9.49. The van der Waals surface area contributed by atoms with Crippen molar-refractivity contribution < 1.29 is 14.0 Å². The summed E-state index contributed by atoms with van der Waals surface area (Å²) in [6.45, 7) is 0. The molecule has 0 aliphatic rings. The summed E-state index contributed by atoms with van der Waals surface area (Å²) in [5.41, 5.74) is 6.01. The molecule has 0 atom stereocenters. The number of ketones is 1. The number of nitrogens with zero attached hydrogens (tertiary/aromatic N) is 1. The molecule has 0 fully saturated rings. The minimum atomic E-state index is -0.576. The van der Waals surface area contributed by atoms with Crippen LogP contribution in [0.25, 0.3) is 6.08 Å². The molecule has 0 saturated carbocycles. The number of primary amides is 1. The minimum absolute atomic E-state index is 0.0172. The average molecular weight is 272 g/mol. The van der Waals surface area contributed by atoms with Crippen LogP contribution in [0.15, 0.2) is 42.6 Å². The van der Waals surface area contributed by atoms with Crippen LogP contribution in [0, 0.1) is 5.82 Å². The molecule has 1 heterocycles. The Morgan fingerprint density at radius 2 is 2.00 bits per heavy atom. The molecule has 1 amide bonds. The number of rotatable bonds is 4. The Kier molecular flexibility index (Phi) is 3.79. The molecule has 5 heteroatoms. The van der Waals surface area contributed by atoms with Gasteiger partial charge < -0.3 is 10.3 Å². The molecule has 0 spiro atoms. The van der Waals surface area contributed by atoms with Gasteiger partial charge in [0.2, 0.25) is 5.91 Å². The van der Waals surface area contributed by atoms with Crippen molar-refractivity contribution in [1.29, 1.82) is 0 Å². The zero-order valence-corrected chi connectivity index (χ0v) is 10.8. The monoisotopic (exact) mass is 272 g/mol. The number of carbonyl (C=O) groups is 2. The number of benzene rings is 1. The predicted molar refractivity (Wildman–Crippen MR) is 73.5 cm³/mol. The van der Waals surface area contributed by atoms with Crippen LogP contribution >= 0.6 is 0 Å². The van der Waals surface area contributed by atoms with Crippen molar-refractivity contribution in [1.82, 2.24) is 4.57 Å². The van der Waals surface area contributed by atoms with Crippen molar-refractivity contribution in [3.63, 3.8) is 0 Å². The summed E-state index contributed by atoms with van der Waals surface area (Å²) < 4.78 is 15.2. The third kappa shape index (κ3) is 2.83. The van der Waals surface area contributed by atoms with Crippen LogP contribution in [0.5, 0.6) is 0 Å². The molecule has 20 heavy (non-hydrogen) atoms. The van der Waals surface area contributed by atoms with Crippen LogP contribution in [-0.2, 0) is 11.8 Å². The van der Waals surface area contributed by atoms with E-state index in [-0.39, 0.29) is 5.56 Å². The van der Waals surface area contributed by atoms with Crippen molar-refractivity contribution in [2.75, 3.05) is 0 Å². The van der Waals surface area contributed by atoms with Gasteiger partial charge in [0.25, 0.3) is 0 Å². The van der Waals surface area contributed by atoms with E-state index < -0.39 is 17.5 Å². The highest BCUT2D eigenvalue weighted by atomic mass is 19.1. The molecule has 0 aliphatic heterocycles. The minimum Gasteiger partial charge on any atom is -0.366 e. The van der Waals surface area contributed by atoms with Gasteiger partial charge in [0.1, 0.15) is 5.82 Å². The fourth-order valence-corrected chi connectivity index (χ4v) is 1.84. The van der Waals surface area contributed by atoms with Crippen molar-refractivity contribution in [2.24, 2.45) is 12.8 Å². The Morgan fingerprint density at radius 3 is 2.65 bits per heavy atom. The number of carbonyl (C=O) groups excluding carboxylic acids is 2. The van der Waals surface area contributed by atoms with Gasteiger partial charge in [-0.05, 0) is 24.3 Å². The summed E-state index contributed by atoms with van der Waals surface area (Å²) in [5.74, 6) is -1.54. The third-order valence-electron chi connectivity index (χ3n) is 2.84. The molecule has 0 unspecified atom stereocenters. The summed E-state index contributed by atoms with van der Waals surface area (Å²) in [6.07, 6.45) is 4.28. The SMILES string of the molecule is Cn1cc(C(=O)c2ccccc2F)cc1/C=C\C(N)=O. The maximum absolute atomic E-state index is 13.6. The Hall–Kier alpha value is -2.69. The lowest BCUT2D eigenvalue weighted by Crippen LogP contribution is -2.05. The summed E-state index contributed by atoms with van der Waals surface area (Å²) in [4.78, 5) is 22.9. The van der Waals surface area contributed by atoms with E-state index in [1.54, 1.807) is 29.9 Å². The van der Waals surface area contributed by atoms with E-state index in [1.165, 1.54) is 30.4 Å². The van der Waals surface area contributed by atoms with Crippen LogP contribution in [0.1, 0.15) is 21.6 Å². The summed E-state index contributed by atoms with van der Waals surface area (Å²) >= 11 is 0. The second-order valence-electron chi connectivity index (χ2n) is 4.31. The summed E-state index contributed by atoms with van der Waals surface area (Å²) in [5, 5.41) is 0. The highest BCUT2D eigenvalue weighted by Crippen LogP contribution is 2.16. The molecule has 2 N–H and O–H groups in total. The first-order valence-electron chi connectivity index (χ1n) is 5.92. The molecule has 102 valence electrons. The molecular weight excluding hydrogens is 259 g/mol. The van der Waals surface area contributed by atoms with Gasteiger partial charge in [-0.2, -0.15) is 0 Å². The molecule has 4 nitrogen and oxygen atoms in total. The predicted octanol–water partition coefficient (Wildman–Crippen LogP) is 1.89.